The lowest BCUT2D eigenvalue weighted by molar-refractivity contribution is -0.128. The van der Waals surface area contributed by atoms with Crippen LogP contribution in [0.4, 0.5) is 0 Å². The summed E-state index contributed by atoms with van der Waals surface area (Å²) < 4.78 is 0. The number of nitrogens with one attached hydrogen (secondary N) is 3. The second-order valence-corrected chi connectivity index (χ2v) is 3.76. The van der Waals surface area contributed by atoms with E-state index < -0.39 is 0 Å². The van der Waals surface area contributed by atoms with Crippen molar-refractivity contribution in [3.63, 3.8) is 0 Å². The van der Waals surface area contributed by atoms with E-state index in [-0.39, 0.29) is 5.91 Å². The number of carbonyl (C=O) groups excluding carboxylic acids is 1. The number of hydrogen-bond donors (Lipinski definition) is 3. The second-order valence-electron chi connectivity index (χ2n) is 3.76. The van der Waals surface area contributed by atoms with Gasteiger partial charge >= 0.3 is 0 Å². The molecule has 0 aliphatic carbocycles. The van der Waals surface area contributed by atoms with Crippen molar-refractivity contribution in [2.75, 3.05) is 26.2 Å². The van der Waals surface area contributed by atoms with Gasteiger partial charge in [0.25, 0.3) is 5.91 Å². The Labute approximate surface area is 89.2 Å². The van der Waals surface area contributed by atoms with Gasteiger partial charge in [-0.15, -0.1) is 0 Å². The summed E-state index contributed by atoms with van der Waals surface area (Å²) in [6, 6.07) is 0. The highest BCUT2D eigenvalue weighted by Crippen LogP contribution is 2.06. The van der Waals surface area contributed by atoms with Crippen LogP contribution in [-0.4, -0.2) is 37.0 Å². The summed E-state index contributed by atoms with van der Waals surface area (Å²) in [6.45, 7) is 5.27. The van der Waals surface area contributed by atoms with E-state index in [1.165, 1.54) is 0 Å². The van der Waals surface area contributed by atoms with E-state index in [2.05, 4.69) is 16.2 Å². The molecule has 5 heteroatoms. The molecule has 0 aromatic heterocycles. The predicted octanol–water partition coefficient (Wildman–Crippen LogP) is -0.686. The summed E-state index contributed by atoms with van der Waals surface area (Å²) >= 11 is 0. The highest BCUT2D eigenvalue weighted by molar-refractivity contribution is 5.93. The van der Waals surface area contributed by atoms with Crippen molar-refractivity contribution in [1.82, 2.24) is 21.1 Å². The molecular formula is C10H16N4O. The molecule has 0 saturated carbocycles. The number of hydrogen-bond acceptors (Lipinski definition) is 4. The zero-order chi connectivity index (χ0) is 10.7. The van der Waals surface area contributed by atoms with Crippen LogP contribution in [0.15, 0.2) is 23.5 Å². The Balaban J connectivity index is 2.03. The van der Waals surface area contributed by atoms with E-state index in [4.69, 9.17) is 0 Å². The van der Waals surface area contributed by atoms with Crippen molar-refractivity contribution in [2.45, 2.75) is 6.92 Å². The Hall–Kier alpha value is -1.49. The first-order chi connectivity index (χ1) is 7.27. The molecule has 0 spiro atoms. The fraction of sp³-hybridized carbons (Fsp3) is 0.500. The molecule has 1 saturated heterocycles. The molecule has 1 amide bonds. The van der Waals surface area contributed by atoms with Crippen molar-refractivity contribution in [2.24, 2.45) is 0 Å². The van der Waals surface area contributed by atoms with Crippen LogP contribution in [0, 0.1) is 0 Å². The summed E-state index contributed by atoms with van der Waals surface area (Å²) in [6.07, 6.45) is 3.69. The third kappa shape index (κ3) is 2.30. The minimum atomic E-state index is 0.0662. The average molecular weight is 208 g/mol. The van der Waals surface area contributed by atoms with Crippen LogP contribution >= 0.6 is 0 Å². The van der Waals surface area contributed by atoms with Crippen LogP contribution < -0.4 is 16.2 Å². The molecule has 0 aromatic rings. The summed E-state index contributed by atoms with van der Waals surface area (Å²) in [5.41, 5.74) is 7.40. The minimum absolute atomic E-state index is 0.0662. The molecule has 82 valence electrons. The lowest BCUT2D eigenvalue weighted by Crippen LogP contribution is -2.49. The van der Waals surface area contributed by atoms with Gasteiger partial charge in [0.15, 0.2) is 0 Å². The van der Waals surface area contributed by atoms with Gasteiger partial charge < -0.3 is 15.6 Å². The number of nitrogens with zero attached hydrogens (tertiary/aromatic N) is 1. The van der Waals surface area contributed by atoms with Crippen LogP contribution in [0.25, 0.3) is 0 Å². The van der Waals surface area contributed by atoms with Crippen LogP contribution in [-0.2, 0) is 4.79 Å². The Kier molecular flexibility index (Phi) is 2.91. The summed E-state index contributed by atoms with van der Waals surface area (Å²) in [7, 11) is 0. The predicted molar refractivity (Wildman–Crippen MR) is 57.6 cm³/mol. The molecule has 1 fully saturated rings. The van der Waals surface area contributed by atoms with Crippen LogP contribution in [0.5, 0.6) is 0 Å². The minimum Gasteiger partial charge on any atom is -0.335 e. The van der Waals surface area contributed by atoms with E-state index in [9.17, 15) is 4.79 Å². The molecule has 0 radical (unpaired) electrons. The van der Waals surface area contributed by atoms with Crippen molar-refractivity contribution in [3.05, 3.63) is 23.5 Å². The first-order valence-corrected chi connectivity index (χ1v) is 5.17. The third-order valence-electron chi connectivity index (χ3n) is 2.51. The lowest BCUT2D eigenvalue weighted by atomic mass is 10.2. The van der Waals surface area contributed by atoms with Gasteiger partial charge in [0, 0.05) is 32.4 Å². The average Bonchev–Trinajstić information content (AvgIpc) is 2.29. The first-order valence-electron chi connectivity index (χ1n) is 5.17. The standard InChI is InChI=1S/C10H16N4O/c1-8-6-9(13-12-7-8)10(15)14-4-2-11-3-5-14/h6-7,11-13H,2-5H2,1H3. The van der Waals surface area contributed by atoms with Crippen LogP contribution in [0.3, 0.4) is 0 Å². The van der Waals surface area contributed by atoms with Gasteiger partial charge in [0.2, 0.25) is 0 Å². The summed E-state index contributed by atoms with van der Waals surface area (Å²) in [5.74, 6) is 0.0662. The van der Waals surface area contributed by atoms with Gasteiger partial charge in [-0.2, -0.15) is 0 Å². The molecule has 3 N–H and O–H groups in total. The number of amides is 1. The van der Waals surface area contributed by atoms with Crippen LogP contribution in [0.2, 0.25) is 0 Å². The maximum atomic E-state index is 12.0. The van der Waals surface area contributed by atoms with Gasteiger partial charge in [-0.1, -0.05) is 0 Å². The molecule has 2 aliphatic rings. The van der Waals surface area contributed by atoms with Gasteiger partial charge in [0.05, 0.1) is 0 Å². The van der Waals surface area contributed by atoms with Crippen molar-refractivity contribution < 1.29 is 4.79 Å². The molecule has 5 nitrogen and oxygen atoms in total. The number of hydrazine groups is 1. The van der Waals surface area contributed by atoms with Gasteiger partial charge in [-0.05, 0) is 18.6 Å². The second kappa shape index (κ2) is 4.35. The maximum Gasteiger partial charge on any atom is 0.271 e. The van der Waals surface area contributed by atoms with Crippen molar-refractivity contribution in [3.8, 4) is 0 Å². The molecule has 0 unspecified atom stereocenters. The molecule has 0 atom stereocenters. The smallest absolute Gasteiger partial charge is 0.271 e. The van der Waals surface area contributed by atoms with Crippen LogP contribution in [0.1, 0.15) is 6.92 Å². The van der Waals surface area contributed by atoms with E-state index >= 15 is 0 Å². The molecule has 15 heavy (non-hydrogen) atoms. The van der Waals surface area contributed by atoms with Gasteiger partial charge in [0.1, 0.15) is 5.70 Å². The lowest BCUT2D eigenvalue weighted by Gasteiger charge is -2.29. The Morgan fingerprint density at radius 3 is 2.80 bits per heavy atom. The highest BCUT2D eigenvalue weighted by atomic mass is 16.2. The van der Waals surface area contributed by atoms with E-state index in [0.717, 1.165) is 31.8 Å². The summed E-state index contributed by atoms with van der Waals surface area (Å²) in [5, 5.41) is 3.22. The molecule has 2 heterocycles. The summed E-state index contributed by atoms with van der Waals surface area (Å²) in [4.78, 5) is 13.9. The maximum absolute atomic E-state index is 12.0. The van der Waals surface area contributed by atoms with E-state index in [1.54, 1.807) is 0 Å². The fourth-order valence-corrected chi connectivity index (χ4v) is 1.69. The molecule has 0 aromatic carbocycles. The topological polar surface area (TPSA) is 56.4 Å². The third-order valence-corrected chi connectivity index (χ3v) is 2.51. The van der Waals surface area contributed by atoms with Gasteiger partial charge in [-0.3, -0.25) is 10.2 Å². The quantitative estimate of drug-likeness (QED) is 0.534. The Bertz CT molecular complexity index is 315. The van der Waals surface area contributed by atoms with Crippen molar-refractivity contribution in [1.29, 1.82) is 0 Å². The van der Waals surface area contributed by atoms with E-state index in [1.807, 2.05) is 24.1 Å². The number of piperazine rings is 1. The zero-order valence-corrected chi connectivity index (χ0v) is 8.84. The zero-order valence-electron chi connectivity index (χ0n) is 8.84. The fourth-order valence-electron chi connectivity index (χ4n) is 1.69. The normalized spacial score (nSPS) is 21.0. The van der Waals surface area contributed by atoms with Gasteiger partial charge in [-0.25, -0.2) is 0 Å². The number of carbonyl (C=O) groups is 1. The highest BCUT2D eigenvalue weighted by Gasteiger charge is 2.20. The number of rotatable bonds is 1. The molecular weight excluding hydrogens is 192 g/mol. The Morgan fingerprint density at radius 2 is 2.13 bits per heavy atom. The monoisotopic (exact) mass is 208 g/mol. The SMILES string of the molecule is CC1=CNNC(C(=O)N2CCNCC2)=C1. The molecule has 2 rings (SSSR count). The van der Waals surface area contributed by atoms with Crippen molar-refractivity contribution >= 4 is 5.91 Å². The van der Waals surface area contributed by atoms with E-state index in [0.29, 0.717) is 5.70 Å². The molecule has 0 bridgehead atoms. The number of allylic oxidation sites excluding steroid dienone is 2. The Morgan fingerprint density at radius 1 is 1.40 bits per heavy atom. The largest absolute Gasteiger partial charge is 0.335 e. The first kappa shape index (κ1) is 10.0. The molecule has 2 aliphatic heterocycles.